The number of ether oxygens (including phenoxy) is 2. The second-order valence-corrected chi connectivity index (χ2v) is 14.1. The number of nitriles is 1. The summed E-state index contributed by atoms with van der Waals surface area (Å²) in [6, 6.07) is 2.82. The molecular formula is C32H38N8O3S. The topological polar surface area (TPSA) is 141 Å². The van der Waals surface area contributed by atoms with Crippen LogP contribution in [0.2, 0.25) is 0 Å². The molecule has 0 aromatic carbocycles. The first-order chi connectivity index (χ1) is 21.4. The van der Waals surface area contributed by atoms with E-state index in [1.54, 1.807) is 11.3 Å². The molecule has 4 atom stereocenters. The van der Waals surface area contributed by atoms with E-state index in [-0.39, 0.29) is 17.6 Å². The summed E-state index contributed by atoms with van der Waals surface area (Å²) in [6.07, 6.45) is 8.62. The van der Waals surface area contributed by atoms with Crippen molar-refractivity contribution in [2.75, 3.05) is 32.5 Å². The Morgan fingerprint density at radius 3 is 2.77 bits per heavy atom. The van der Waals surface area contributed by atoms with Gasteiger partial charge in [-0.05, 0) is 90.8 Å². The van der Waals surface area contributed by atoms with Gasteiger partial charge in [-0.25, -0.2) is 9.67 Å². The number of nitrogens with zero attached hydrogens (tertiary/aromatic N) is 7. The van der Waals surface area contributed by atoms with E-state index in [9.17, 15) is 5.26 Å². The van der Waals surface area contributed by atoms with Gasteiger partial charge in [0, 0.05) is 28.5 Å². The van der Waals surface area contributed by atoms with Crippen molar-refractivity contribution in [2.24, 2.45) is 0 Å². The van der Waals surface area contributed by atoms with Gasteiger partial charge in [0.1, 0.15) is 22.6 Å². The maximum Gasteiger partial charge on any atom is 0.229 e. The second kappa shape index (κ2) is 10.5. The molecule has 2 N–H and O–H groups in total. The Morgan fingerprint density at radius 1 is 1.18 bits per heavy atom. The number of hydrogen-bond acceptors (Lipinski definition) is 11. The fourth-order valence-corrected chi connectivity index (χ4v) is 9.50. The Kier molecular flexibility index (Phi) is 6.70. The summed E-state index contributed by atoms with van der Waals surface area (Å²) < 4.78 is 20.7. The van der Waals surface area contributed by atoms with Crippen LogP contribution in [-0.2, 0) is 23.0 Å². The largest absolute Gasteiger partial charge is 0.472 e. The van der Waals surface area contributed by atoms with Crippen molar-refractivity contribution in [1.82, 2.24) is 29.8 Å². The standard InChI is InChI=1S/C32H38N8O3S/c1-17-24-30(40(37-17)19-10-14-41-16-19)35-29(36-31(24)42-18(2)22-8-6-13-39(22)3)26-20-7-4-11-32(27(20)38-43-26)12-5-9-23-25(32)21(15-33)28(34)44-23/h18-19,22H,4-14,16,34H2,1-3H3/t18-,19+,22-,32-/m0/s1. The molecule has 0 unspecified atom stereocenters. The van der Waals surface area contributed by atoms with E-state index in [0.717, 1.165) is 97.9 Å². The van der Waals surface area contributed by atoms with Crippen LogP contribution in [0.1, 0.15) is 90.9 Å². The molecule has 0 bridgehead atoms. The summed E-state index contributed by atoms with van der Waals surface area (Å²) in [5, 5.41) is 21.2. The van der Waals surface area contributed by atoms with E-state index < -0.39 is 0 Å². The first-order valence-electron chi connectivity index (χ1n) is 15.9. The van der Waals surface area contributed by atoms with Gasteiger partial charge in [0.25, 0.3) is 0 Å². The summed E-state index contributed by atoms with van der Waals surface area (Å²) in [5.74, 6) is 1.58. The molecule has 12 heteroatoms. The van der Waals surface area contributed by atoms with Crippen molar-refractivity contribution < 1.29 is 14.0 Å². The first kappa shape index (κ1) is 28.0. The number of aryl methyl sites for hydroxylation is 2. The molecule has 1 spiro atoms. The number of likely N-dealkylation sites (N-methyl/N-ethyl adjacent to an activating group) is 1. The SMILES string of the molecule is Cc1nn([C@@H]2CCOC2)c2nc(-c3onc4c3CCC[C@@]43CCCc4sc(N)c(C#N)c43)nc(O[C@@H](C)[C@@H]3CCCN3C)c12. The van der Waals surface area contributed by atoms with Gasteiger partial charge >= 0.3 is 0 Å². The fraction of sp³-hybridized carbons (Fsp3) is 0.594. The van der Waals surface area contributed by atoms with Crippen LogP contribution in [0.3, 0.4) is 0 Å². The van der Waals surface area contributed by atoms with Crippen molar-refractivity contribution in [1.29, 1.82) is 5.26 Å². The Labute approximate surface area is 260 Å². The number of likely N-dealkylation sites (tertiary alicyclic amines) is 1. The van der Waals surface area contributed by atoms with Crippen molar-refractivity contribution >= 4 is 27.4 Å². The lowest BCUT2D eigenvalue weighted by Crippen LogP contribution is -2.38. The van der Waals surface area contributed by atoms with Crippen LogP contribution < -0.4 is 10.5 Å². The summed E-state index contributed by atoms with van der Waals surface area (Å²) in [7, 11) is 2.16. The molecule has 2 aliphatic carbocycles. The lowest BCUT2D eigenvalue weighted by molar-refractivity contribution is 0.118. The third-order valence-electron chi connectivity index (χ3n) is 10.4. The number of aromatic nitrogens is 5. The van der Waals surface area contributed by atoms with E-state index in [1.807, 2.05) is 11.6 Å². The molecule has 8 rings (SSSR count). The molecular weight excluding hydrogens is 576 g/mol. The molecule has 4 aliphatic rings. The second-order valence-electron chi connectivity index (χ2n) is 13.0. The van der Waals surface area contributed by atoms with Crippen LogP contribution in [0.15, 0.2) is 4.52 Å². The molecule has 0 amide bonds. The van der Waals surface area contributed by atoms with E-state index in [4.69, 9.17) is 40.0 Å². The molecule has 11 nitrogen and oxygen atoms in total. The average Bonchev–Trinajstić information content (AvgIpc) is 3.84. The maximum absolute atomic E-state index is 10.1. The Morgan fingerprint density at radius 2 is 2.02 bits per heavy atom. The molecule has 2 fully saturated rings. The highest BCUT2D eigenvalue weighted by Crippen LogP contribution is 2.54. The summed E-state index contributed by atoms with van der Waals surface area (Å²) in [4.78, 5) is 13.8. The molecule has 4 aromatic heterocycles. The van der Waals surface area contributed by atoms with Gasteiger partial charge in [-0.1, -0.05) is 5.16 Å². The zero-order valence-corrected chi connectivity index (χ0v) is 26.4. The minimum absolute atomic E-state index is 0.0629. The van der Waals surface area contributed by atoms with Gasteiger partial charge in [0.15, 0.2) is 5.65 Å². The molecule has 6 heterocycles. The van der Waals surface area contributed by atoms with Gasteiger partial charge in [-0.2, -0.15) is 15.3 Å². The zero-order chi connectivity index (χ0) is 30.2. The lowest BCUT2D eigenvalue weighted by Gasteiger charge is -2.39. The van der Waals surface area contributed by atoms with Crippen LogP contribution in [0.4, 0.5) is 5.00 Å². The zero-order valence-electron chi connectivity index (χ0n) is 25.6. The summed E-state index contributed by atoms with van der Waals surface area (Å²) in [6.45, 7) is 6.50. The molecule has 230 valence electrons. The van der Waals surface area contributed by atoms with Crippen LogP contribution in [0.25, 0.3) is 22.6 Å². The quantitative estimate of drug-likeness (QED) is 0.323. The Hall–Kier alpha value is -3.53. The van der Waals surface area contributed by atoms with Gasteiger partial charge in [0.05, 0.1) is 29.6 Å². The van der Waals surface area contributed by atoms with Crippen molar-refractivity contribution in [3.05, 3.63) is 33.0 Å². The highest BCUT2D eigenvalue weighted by molar-refractivity contribution is 7.16. The number of nitrogens with two attached hydrogens (primary N) is 1. The predicted molar refractivity (Wildman–Crippen MR) is 166 cm³/mol. The molecule has 4 aromatic rings. The van der Waals surface area contributed by atoms with Gasteiger partial charge in [-0.15, -0.1) is 11.3 Å². The Balaban J connectivity index is 1.28. The smallest absolute Gasteiger partial charge is 0.229 e. The van der Waals surface area contributed by atoms with Crippen LogP contribution in [0.5, 0.6) is 5.88 Å². The van der Waals surface area contributed by atoms with Crippen LogP contribution in [0, 0.1) is 18.3 Å². The minimum Gasteiger partial charge on any atom is -0.472 e. The number of thiophene rings is 1. The van der Waals surface area contributed by atoms with E-state index >= 15 is 0 Å². The van der Waals surface area contributed by atoms with Crippen molar-refractivity contribution in [2.45, 2.75) is 95.2 Å². The van der Waals surface area contributed by atoms with Gasteiger partial charge < -0.3 is 19.7 Å². The highest BCUT2D eigenvalue weighted by Gasteiger charge is 2.48. The normalized spacial score (nSPS) is 25.8. The van der Waals surface area contributed by atoms with E-state index in [2.05, 4.69) is 24.9 Å². The number of hydrogen-bond donors (Lipinski definition) is 1. The highest BCUT2D eigenvalue weighted by atomic mass is 32.1. The third kappa shape index (κ3) is 4.12. The first-order valence-corrected chi connectivity index (χ1v) is 16.7. The van der Waals surface area contributed by atoms with Crippen molar-refractivity contribution in [3.8, 4) is 23.5 Å². The lowest BCUT2D eigenvalue weighted by atomic mass is 9.62. The van der Waals surface area contributed by atoms with Crippen LogP contribution in [-0.4, -0.2) is 68.8 Å². The average molecular weight is 615 g/mol. The predicted octanol–water partition coefficient (Wildman–Crippen LogP) is 5.09. The van der Waals surface area contributed by atoms with Gasteiger partial charge in [0.2, 0.25) is 17.5 Å². The maximum atomic E-state index is 10.1. The van der Waals surface area contributed by atoms with Crippen LogP contribution >= 0.6 is 11.3 Å². The number of fused-ring (bicyclic) bond motifs is 5. The monoisotopic (exact) mass is 614 g/mol. The van der Waals surface area contributed by atoms with E-state index in [1.165, 1.54) is 4.88 Å². The molecule has 0 saturated carbocycles. The number of anilines is 1. The molecule has 2 saturated heterocycles. The summed E-state index contributed by atoms with van der Waals surface area (Å²) in [5.41, 5.74) is 11.2. The fourth-order valence-electron chi connectivity index (χ4n) is 8.34. The van der Waals surface area contributed by atoms with E-state index in [0.29, 0.717) is 47.3 Å². The summed E-state index contributed by atoms with van der Waals surface area (Å²) >= 11 is 1.55. The third-order valence-corrected chi connectivity index (χ3v) is 11.5. The molecule has 2 aliphatic heterocycles. The van der Waals surface area contributed by atoms with Gasteiger partial charge in [-0.3, -0.25) is 4.90 Å². The van der Waals surface area contributed by atoms with Crippen molar-refractivity contribution in [3.63, 3.8) is 0 Å². The Bertz CT molecular complexity index is 1790. The number of rotatable bonds is 5. The minimum atomic E-state index is -0.382. The molecule has 44 heavy (non-hydrogen) atoms. The molecule has 0 radical (unpaired) electrons. The number of nitrogen functional groups attached to an aromatic ring is 1.